The molecule has 2 aliphatic rings. The molecule has 1 aromatic heterocycles. The zero-order valence-electron chi connectivity index (χ0n) is 21.8. The Kier molecular flexibility index (Phi) is 6.64. The Hall–Kier alpha value is -4.59. The van der Waals surface area contributed by atoms with Gasteiger partial charge in [-0.25, -0.2) is 9.07 Å². The van der Waals surface area contributed by atoms with Crippen LogP contribution in [0.5, 0.6) is 0 Å². The van der Waals surface area contributed by atoms with Crippen molar-refractivity contribution in [3.8, 4) is 11.8 Å². The fourth-order valence-electron chi connectivity index (χ4n) is 5.45. The minimum Gasteiger partial charge on any atom is -0.328 e. The second-order valence-electron chi connectivity index (χ2n) is 10.5. The van der Waals surface area contributed by atoms with Crippen LogP contribution in [0, 0.1) is 23.1 Å². The fraction of sp³-hybridized carbons (Fsp3) is 0.357. The van der Waals surface area contributed by atoms with Crippen LogP contribution in [-0.4, -0.2) is 68.2 Å². The molecular formula is C28H28FN7O3. The number of nitrogens with one attached hydrogen (secondary N) is 1. The van der Waals surface area contributed by atoms with Crippen molar-refractivity contribution in [2.24, 2.45) is 5.92 Å². The van der Waals surface area contributed by atoms with Crippen LogP contribution in [0.4, 0.5) is 10.1 Å². The molecule has 0 bridgehead atoms. The number of nitrogens with zero attached hydrogens (tertiary/aromatic N) is 6. The lowest BCUT2D eigenvalue weighted by atomic mass is 9.80. The van der Waals surface area contributed by atoms with Crippen molar-refractivity contribution in [3.05, 3.63) is 71.8 Å². The van der Waals surface area contributed by atoms with Gasteiger partial charge in [0.15, 0.2) is 5.69 Å². The van der Waals surface area contributed by atoms with Crippen LogP contribution in [0.2, 0.25) is 0 Å². The number of benzene rings is 2. The summed E-state index contributed by atoms with van der Waals surface area (Å²) in [6.07, 6.45) is 1.94. The van der Waals surface area contributed by atoms with E-state index in [0.29, 0.717) is 17.8 Å². The van der Waals surface area contributed by atoms with Gasteiger partial charge in [-0.3, -0.25) is 14.4 Å². The molecule has 3 atom stereocenters. The summed E-state index contributed by atoms with van der Waals surface area (Å²) in [6, 6.07) is 13.4. The number of hydrogen-bond acceptors (Lipinski definition) is 6. The maximum atomic E-state index is 14.0. The van der Waals surface area contributed by atoms with Crippen LogP contribution >= 0.6 is 0 Å². The molecule has 200 valence electrons. The quantitative estimate of drug-likeness (QED) is 0.524. The summed E-state index contributed by atoms with van der Waals surface area (Å²) in [5.74, 6) is -1.50. The smallest absolute Gasteiger partial charge is 0.276 e. The standard InChI is InChI=1S/C28H28FN7O3/c1-17(2)12-24(34(3)25(37)23-15-36(33-32-23)19-10-8-18(29)9-11-19)26(38)35-16-28(13-20(35)14-30)21-6-4-5-7-22(21)31-27(28)39/h4-11,15,17,20,24H,12-13,16H2,1-3H3,(H,31,39)/t20-,24-,28-/m0/s1. The average molecular weight is 530 g/mol. The summed E-state index contributed by atoms with van der Waals surface area (Å²) >= 11 is 0. The van der Waals surface area contributed by atoms with E-state index in [1.807, 2.05) is 32.0 Å². The van der Waals surface area contributed by atoms with Gasteiger partial charge in [0.25, 0.3) is 5.91 Å². The van der Waals surface area contributed by atoms with Gasteiger partial charge in [-0.05, 0) is 48.2 Å². The minimum absolute atomic E-state index is 0.0159. The third-order valence-electron chi connectivity index (χ3n) is 7.49. The predicted molar refractivity (Wildman–Crippen MR) is 139 cm³/mol. The molecule has 3 aromatic rings. The number of carbonyl (C=O) groups is 3. The highest BCUT2D eigenvalue weighted by molar-refractivity contribution is 6.07. The average Bonchev–Trinajstić information content (AvgIpc) is 3.63. The van der Waals surface area contributed by atoms with Crippen molar-refractivity contribution in [2.75, 3.05) is 18.9 Å². The van der Waals surface area contributed by atoms with Crippen molar-refractivity contribution in [2.45, 2.75) is 44.2 Å². The normalized spacial score (nSPS) is 20.6. The molecule has 5 rings (SSSR count). The molecule has 0 unspecified atom stereocenters. The summed E-state index contributed by atoms with van der Waals surface area (Å²) in [7, 11) is 1.52. The first kappa shape index (κ1) is 26.0. The maximum absolute atomic E-state index is 14.0. The van der Waals surface area contributed by atoms with Crippen molar-refractivity contribution in [1.82, 2.24) is 24.8 Å². The molecule has 1 saturated heterocycles. The molecule has 1 N–H and O–H groups in total. The van der Waals surface area contributed by atoms with Crippen LogP contribution in [0.15, 0.2) is 54.7 Å². The first-order valence-corrected chi connectivity index (χ1v) is 12.7. The zero-order chi connectivity index (χ0) is 27.9. The Morgan fingerprint density at radius 1 is 1.23 bits per heavy atom. The SMILES string of the molecule is CC(C)C[C@@H](C(=O)N1C[C@]2(C[C@H]1C#N)C(=O)Nc1ccccc12)N(C)C(=O)c1cn(-c2ccc(F)cc2)nn1. The van der Waals surface area contributed by atoms with Crippen LogP contribution in [0.1, 0.15) is 42.7 Å². The van der Waals surface area contributed by atoms with E-state index in [-0.39, 0.29) is 30.5 Å². The molecule has 2 aliphatic heterocycles. The van der Waals surface area contributed by atoms with Gasteiger partial charge in [0.1, 0.15) is 17.9 Å². The summed E-state index contributed by atoms with van der Waals surface area (Å²) in [5.41, 5.74) is 0.976. The molecule has 39 heavy (non-hydrogen) atoms. The largest absolute Gasteiger partial charge is 0.328 e. The van der Waals surface area contributed by atoms with Crippen molar-refractivity contribution in [1.29, 1.82) is 5.26 Å². The van der Waals surface area contributed by atoms with E-state index >= 15 is 0 Å². The van der Waals surface area contributed by atoms with Crippen molar-refractivity contribution in [3.63, 3.8) is 0 Å². The summed E-state index contributed by atoms with van der Waals surface area (Å²) in [5, 5.41) is 20.8. The Labute approximate surface area is 225 Å². The first-order chi connectivity index (χ1) is 18.6. The van der Waals surface area contributed by atoms with E-state index in [2.05, 4.69) is 21.7 Å². The number of likely N-dealkylation sites (tertiary alicyclic amines) is 1. The van der Waals surface area contributed by atoms with Gasteiger partial charge in [-0.2, -0.15) is 5.26 Å². The van der Waals surface area contributed by atoms with E-state index in [1.165, 1.54) is 52.0 Å². The van der Waals surface area contributed by atoms with Gasteiger partial charge in [-0.15, -0.1) is 5.10 Å². The zero-order valence-corrected chi connectivity index (χ0v) is 21.8. The molecule has 11 heteroatoms. The predicted octanol–water partition coefficient (Wildman–Crippen LogP) is 2.91. The molecule has 0 radical (unpaired) electrons. The molecule has 2 aromatic carbocycles. The highest BCUT2D eigenvalue weighted by Gasteiger charge is 2.56. The summed E-state index contributed by atoms with van der Waals surface area (Å²) in [4.78, 5) is 43.4. The monoisotopic (exact) mass is 529 g/mol. The molecule has 3 amide bonds. The fourth-order valence-corrected chi connectivity index (χ4v) is 5.45. The van der Waals surface area contributed by atoms with Crippen molar-refractivity contribution < 1.29 is 18.8 Å². The van der Waals surface area contributed by atoms with Gasteiger partial charge >= 0.3 is 0 Å². The lowest BCUT2D eigenvalue weighted by Gasteiger charge is -2.33. The number of carbonyl (C=O) groups excluding carboxylic acids is 3. The lowest BCUT2D eigenvalue weighted by molar-refractivity contribution is -0.136. The number of rotatable bonds is 6. The Balaban J connectivity index is 1.41. The first-order valence-electron chi connectivity index (χ1n) is 12.7. The van der Waals surface area contributed by atoms with Gasteiger partial charge in [-0.1, -0.05) is 37.3 Å². The van der Waals surface area contributed by atoms with E-state index in [0.717, 1.165) is 5.56 Å². The number of likely N-dealkylation sites (N-methyl/N-ethyl adjacent to an activating group) is 1. The van der Waals surface area contributed by atoms with Crippen LogP contribution in [0.25, 0.3) is 5.69 Å². The molecule has 3 heterocycles. The summed E-state index contributed by atoms with van der Waals surface area (Å²) in [6.45, 7) is 3.93. The number of amides is 3. The second-order valence-corrected chi connectivity index (χ2v) is 10.5. The lowest BCUT2D eigenvalue weighted by Crippen LogP contribution is -2.52. The van der Waals surface area contributed by atoms with E-state index in [9.17, 15) is 24.0 Å². The Morgan fingerprint density at radius 2 is 1.95 bits per heavy atom. The number of fused-ring (bicyclic) bond motifs is 2. The van der Waals surface area contributed by atoms with Gasteiger partial charge < -0.3 is 15.1 Å². The number of aromatic nitrogens is 3. The Bertz CT molecular complexity index is 1480. The molecule has 10 nitrogen and oxygen atoms in total. The molecular weight excluding hydrogens is 501 g/mol. The highest BCUT2D eigenvalue weighted by atomic mass is 19.1. The molecule has 0 aliphatic carbocycles. The van der Waals surface area contributed by atoms with Gasteiger partial charge in [0.05, 0.1) is 23.4 Å². The van der Waals surface area contributed by atoms with Gasteiger partial charge in [0, 0.05) is 25.7 Å². The third-order valence-corrected chi connectivity index (χ3v) is 7.49. The van der Waals surface area contributed by atoms with E-state index in [1.54, 1.807) is 6.07 Å². The number of halogens is 1. The topological polar surface area (TPSA) is 124 Å². The van der Waals surface area contributed by atoms with Crippen LogP contribution < -0.4 is 5.32 Å². The maximum Gasteiger partial charge on any atom is 0.276 e. The van der Waals surface area contributed by atoms with E-state index in [4.69, 9.17) is 0 Å². The number of anilines is 1. The van der Waals surface area contributed by atoms with Crippen molar-refractivity contribution >= 4 is 23.4 Å². The molecule has 0 saturated carbocycles. The highest BCUT2D eigenvalue weighted by Crippen LogP contribution is 2.46. The van der Waals surface area contributed by atoms with Crippen LogP contribution in [0.3, 0.4) is 0 Å². The molecule has 1 fully saturated rings. The summed E-state index contributed by atoms with van der Waals surface area (Å²) < 4.78 is 14.7. The van der Waals surface area contributed by atoms with Gasteiger partial charge in [0.2, 0.25) is 11.8 Å². The minimum atomic E-state index is -1.02. The van der Waals surface area contributed by atoms with E-state index < -0.39 is 35.1 Å². The Morgan fingerprint density at radius 3 is 2.64 bits per heavy atom. The second kappa shape index (κ2) is 9.94. The molecule has 1 spiro atoms. The third kappa shape index (κ3) is 4.52. The number of para-hydroxylation sites is 1. The number of nitriles is 1. The number of hydrogen-bond donors (Lipinski definition) is 1. The van der Waals surface area contributed by atoms with Crippen LogP contribution in [-0.2, 0) is 15.0 Å².